The molecule has 1 aliphatic rings. The molecule has 3 rings (SSSR count). The highest BCUT2D eigenvalue weighted by Gasteiger charge is 2.43. The number of hydrogen-bond acceptors (Lipinski definition) is 3. The lowest BCUT2D eigenvalue weighted by molar-refractivity contribution is -0.187. The summed E-state index contributed by atoms with van der Waals surface area (Å²) in [5.74, 6) is -1.12. The summed E-state index contributed by atoms with van der Waals surface area (Å²) in [5, 5.41) is 0. The normalized spacial score (nSPS) is 17.2. The van der Waals surface area contributed by atoms with E-state index in [1.807, 2.05) is 12.1 Å². The van der Waals surface area contributed by atoms with Crippen LogP contribution in [0.5, 0.6) is 11.5 Å². The number of benzene rings is 2. The largest absolute Gasteiger partial charge is 0.471 e. The minimum Gasteiger partial charge on any atom is -0.457 e. The number of hydrogen-bond donors (Lipinski definition) is 0. The van der Waals surface area contributed by atoms with Crippen molar-refractivity contribution in [2.45, 2.75) is 25.6 Å². The Bertz CT molecular complexity index is 806. The summed E-state index contributed by atoms with van der Waals surface area (Å²) in [7, 11) is 0. The molecule has 0 aliphatic carbocycles. The van der Waals surface area contributed by atoms with Crippen LogP contribution in [0.2, 0.25) is 0 Å². The van der Waals surface area contributed by atoms with Crippen molar-refractivity contribution in [3.8, 4) is 11.5 Å². The summed E-state index contributed by atoms with van der Waals surface area (Å²) in [6.45, 7) is 0.781. The number of carbonyl (C=O) groups excluding carboxylic acids is 1. The molecule has 1 saturated heterocycles. The van der Waals surface area contributed by atoms with E-state index in [0.29, 0.717) is 24.5 Å². The van der Waals surface area contributed by atoms with Crippen LogP contribution >= 0.6 is 0 Å². The summed E-state index contributed by atoms with van der Waals surface area (Å²) in [6, 6.07) is 12.8. The second-order valence-electron chi connectivity index (χ2n) is 6.97. The highest BCUT2D eigenvalue weighted by Crippen LogP contribution is 2.25. The van der Waals surface area contributed by atoms with E-state index in [0.717, 1.165) is 16.9 Å². The average molecular weight is 411 g/mol. The Labute approximate surface area is 166 Å². The molecule has 0 N–H and O–H groups in total. The van der Waals surface area contributed by atoms with Gasteiger partial charge < -0.3 is 14.4 Å². The zero-order valence-corrected chi connectivity index (χ0v) is 15.6. The molecule has 1 fully saturated rings. The number of rotatable bonds is 6. The fourth-order valence-corrected chi connectivity index (χ4v) is 3.20. The molecule has 1 aliphatic heterocycles. The maximum atomic E-state index is 12.9. The van der Waals surface area contributed by atoms with E-state index in [1.54, 1.807) is 12.1 Å². The van der Waals surface area contributed by atoms with Crippen molar-refractivity contribution in [2.24, 2.45) is 5.92 Å². The molecule has 1 amide bonds. The lowest BCUT2D eigenvalue weighted by Gasteiger charge is -2.33. The maximum Gasteiger partial charge on any atom is 0.471 e. The third kappa shape index (κ3) is 6.19. The van der Waals surface area contributed by atoms with Crippen molar-refractivity contribution in [1.82, 2.24) is 4.90 Å². The quantitative estimate of drug-likeness (QED) is 0.633. The number of likely N-dealkylation sites (tertiary alicyclic amines) is 1. The van der Waals surface area contributed by atoms with Crippen LogP contribution in [0.3, 0.4) is 0 Å². The number of ether oxygens (including phenoxy) is 2. The SMILES string of the molecule is O=C(N1CCCC(COCc2ccc(Oc3ccc(F)cc3)cc2)C1)C(F)(F)F. The van der Waals surface area contributed by atoms with Crippen LogP contribution in [0.15, 0.2) is 48.5 Å². The smallest absolute Gasteiger partial charge is 0.457 e. The molecule has 1 atom stereocenters. The van der Waals surface area contributed by atoms with E-state index in [9.17, 15) is 22.4 Å². The zero-order chi connectivity index (χ0) is 20.9. The Hall–Kier alpha value is -2.61. The van der Waals surface area contributed by atoms with Crippen molar-refractivity contribution < 1.29 is 31.8 Å². The summed E-state index contributed by atoms with van der Waals surface area (Å²) in [4.78, 5) is 12.2. The van der Waals surface area contributed by atoms with Crippen molar-refractivity contribution in [3.63, 3.8) is 0 Å². The maximum absolute atomic E-state index is 12.9. The first-order valence-electron chi connectivity index (χ1n) is 9.27. The predicted molar refractivity (Wildman–Crippen MR) is 97.9 cm³/mol. The fraction of sp³-hybridized carbons (Fsp3) is 0.381. The zero-order valence-electron chi connectivity index (χ0n) is 15.6. The Morgan fingerprint density at radius 2 is 1.66 bits per heavy atom. The number of piperidine rings is 1. The van der Waals surface area contributed by atoms with Crippen molar-refractivity contribution in [1.29, 1.82) is 0 Å². The number of alkyl halides is 3. The first-order chi connectivity index (χ1) is 13.8. The van der Waals surface area contributed by atoms with Crippen LogP contribution < -0.4 is 4.74 Å². The monoisotopic (exact) mass is 411 g/mol. The van der Waals surface area contributed by atoms with Crippen LogP contribution in [0.1, 0.15) is 18.4 Å². The van der Waals surface area contributed by atoms with Gasteiger partial charge in [-0.1, -0.05) is 12.1 Å². The molecule has 0 spiro atoms. The molecule has 1 unspecified atom stereocenters. The van der Waals surface area contributed by atoms with Gasteiger partial charge in [-0.25, -0.2) is 4.39 Å². The first-order valence-corrected chi connectivity index (χ1v) is 9.27. The Morgan fingerprint density at radius 1 is 1.03 bits per heavy atom. The number of nitrogens with zero attached hydrogens (tertiary/aromatic N) is 1. The molecule has 0 aromatic heterocycles. The van der Waals surface area contributed by atoms with Crippen LogP contribution in [0, 0.1) is 11.7 Å². The van der Waals surface area contributed by atoms with Gasteiger partial charge in [0, 0.05) is 13.1 Å². The van der Waals surface area contributed by atoms with Gasteiger partial charge in [-0.05, 0) is 60.7 Å². The number of halogens is 4. The van der Waals surface area contributed by atoms with Gasteiger partial charge in [-0.3, -0.25) is 4.79 Å². The average Bonchev–Trinajstić information content (AvgIpc) is 2.70. The molecule has 8 heteroatoms. The number of carbonyl (C=O) groups is 1. The van der Waals surface area contributed by atoms with Crippen LogP contribution in [0.25, 0.3) is 0 Å². The summed E-state index contributed by atoms with van der Waals surface area (Å²) in [6.07, 6.45) is -3.57. The molecule has 156 valence electrons. The van der Waals surface area contributed by atoms with Gasteiger partial charge in [0.1, 0.15) is 17.3 Å². The highest BCUT2D eigenvalue weighted by atomic mass is 19.4. The molecule has 4 nitrogen and oxygen atoms in total. The van der Waals surface area contributed by atoms with E-state index < -0.39 is 12.1 Å². The summed E-state index contributed by atoms with van der Waals surface area (Å²) in [5.41, 5.74) is 0.885. The van der Waals surface area contributed by atoms with Gasteiger partial charge in [-0.15, -0.1) is 0 Å². The predicted octanol–water partition coefficient (Wildman–Crippen LogP) is 4.94. The molecule has 29 heavy (non-hydrogen) atoms. The van der Waals surface area contributed by atoms with Gasteiger partial charge >= 0.3 is 12.1 Å². The van der Waals surface area contributed by atoms with Gasteiger partial charge in [0.05, 0.1) is 13.2 Å². The molecular weight excluding hydrogens is 390 g/mol. The Kier molecular flexibility index (Phi) is 6.74. The Morgan fingerprint density at radius 3 is 2.28 bits per heavy atom. The van der Waals surface area contributed by atoms with E-state index in [-0.39, 0.29) is 31.4 Å². The van der Waals surface area contributed by atoms with E-state index in [1.165, 1.54) is 24.3 Å². The third-order valence-corrected chi connectivity index (χ3v) is 4.64. The summed E-state index contributed by atoms with van der Waals surface area (Å²) >= 11 is 0. The fourth-order valence-electron chi connectivity index (χ4n) is 3.20. The molecule has 0 saturated carbocycles. The molecule has 0 bridgehead atoms. The molecule has 1 heterocycles. The van der Waals surface area contributed by atoms with E-state index >= 15 is 0 Å². The highest BCUT2D eigenvalue weighted by molar-refractivity contribution is 5.81. The second kappa shape index (κ2) is 9.26. The first kappa shape index (κ1) is 21.1. The Balaban J connectivity index is 1.44. The minimum atomic E-state index is -4.83. The topological polar surface area (TPSA) is 38.8 Å². The van der Waals surface area contributed by atoms with Gasteiger partial charge in [-0.2, -0.15) is 13.2 Å². The van der Waals surface area contributed by atoms with E-state index in [4.69, 9.17) is 9.47 Å². The van der Waals surface area contributed by atoms with Crippen LogP contribution in [-0.2, 0) is 16.1 Å². The van der Waals surface area contributed by atoms with Crippen molar-refractivity contribution >= 4 is 5.91 Å². The van der Waals surface area contributed by atoms with E-state index in [2.05, 4.69) is 0 Å². The van der Waals surface area contributed by atoms with Crippen molar-refractivity contribution in [2.75, 3.05) is 19.7 Å². The standard InChI is InChI=1S/C21H21F4NO3/c22-17-5-9-19(10-6-17)29-18-7-3-15(4-8-18)13-28-14-16-2-1-11-26(12-16)20(27)21(23,24)25/h3-10,16H,1-2,11-14H2. The summed E-state index contributed by atoms with van der Waals surface area (Å²) < 4.78 is 61.9. The molecular formula is C21H21F4NO3. The molecule has 0 radical (unpaired) electrons. The van der Waals surface area contributed by atoms with Gasteiger partial charge in [0.15, 0.2) is 0 Å². The number of amides is 1. The van der Waals surface area contributed by atoms with Gasteiger partial charge in [0.2, 0.25) is 0 Å². The second-order valence-corrected chi connectivity index (χ2v) is 6.97. The lowest BCUT2D eigenvalue weighted by Crippen LogP contribution is -2.47. The molecule has 2 aromatic carbocycles. The van der Waals surface area contributed by atoms with Crippen LogP contribution in [-0.4, -0.2) is 36.7 Å². The van der Waals surface area contributed by atoms with Gasteiger partial charge in [0.25, 0.3) is 0 Å². The van der Waals surface area contributed by atoms with Crippen molar-refractivity contribution in [3.05, 3.63) is 59.9 Å². The molecule has 2 aromatic rings. The minimum absolute atomic E-state index is 0.0583. The van der Waals surface area contributed by atoms with Crippen LogP contribution in [0.4, 0.5) is 17.6 Å². The third-order valence-electron chi connectivity index (χ3n) is 4.64. The lowest BCUT2D eigenvalue weighted by atomic mass is 9.99.